The average molecular weight is 376 g/mol. The van der Waals surface area contributed by atoms with Crippen molar-refractivity contribution in [3.8, 4) is 0 Å². The van der Waals surface area contributed by atoms with Gasteiger partial charge in [-0.1, -0.05) is 59.0 Å². The van der Waals surface area contributed by atoms with Crippen LogP contribution in [-0.2, 0) is 0 Å². The number of alkyl halides is 2. The maximum absolute atomic E-state index is 2.71. The van der Waals surface area contributed by atoms with Gasteiger partial charge < -0.3 is 0 Å². The van der Waals surface area contributed by atoms with Crippen molar-refractivity contribution in [1.29, 1.82) is 0 Å². The fourth-order valence-electron chi connectivity index (χ4n) is 2.77. The molecular weight excluding hydrogens is 362 g/mol. The molecule has 64 valence electrons. The van der Waals surface area contributed by atoms with Crippen LogP contribution in [0.5, 0.6) is 0 Å². The second-order valence-electron chi connectivity index (χ2n) is 4.66. The van der Waals surface area contributed by atoms with Gasteiger partial charge in [0.1, 0.15) is 0 Å². The maximum atomic E-state index is 2.71. The van der Waals surface area contributed by atoms with Crippen LogP contribution >= 0.6 is 45.2 Å². The van der Waals surface area contributed by atoms with Gasteiger partial charge >= 0.3 is 0 Å². The summed E-state index contributed by atoms with van der Waals surface area (Å²) in [7, 11) is 0. The quantitative estimate of drug-likeness (QED) is 0.446. The van der Waals surface area contributed by atoms with E-state index in [2.05, 4.69) is 59.0 Å². The normalized spacial score (nSPS) is 53.5. The molecular formula is C9H14I2. The molecule has 0 radical (unpaired) electrons. The molecule has 0 N–H and O–H groups in total. The second-order valence-corrected chi connectivity index (χ2v) is 8.05. The van der Waals surface area contributed by atoms with E-state index in [1.807, 2.05) is 0 Å². The van der Waals surface area contributed by atoms with E-state index < -0.39 is 0 Å². The highest BCUT2D eigenvalue weighted by Gasteiger charge is 2.59. The van der Waals surface area contributed by atoms with E-state index in [-0.39, 0.29) is 0 Å². The lowest BCUT2D eigenvalue weighted by Gasteiger charge is -2.38. The van der Waals surface area contributed by atoms with Crippen LogP contribution in [0.4, 0.5) is 0 Å². The summed E-state index contributed by atoms with van der Waals surface area (Å²) in [6.07, 6.45) is 4.43. The summed E-state index contributed by atoms with van der Waals surface area (Å²) < 4.78 is 1.55. The third-order valence-electron chi connectivity index (χ3n) is 3.65. The van der Waals surface area contributed by atoms with Crippen molar-refractivity contribution in [2.24, 2.45) is 11.3 Å². The van der Waals surface area contributed by atoms with Crippen LogP contribution < -0.4 is 0 Å². The van der Waals surface area contributed by atoms with E-state index in [1.54, 1.807) is 0 Å². The van der Waals surface area contributed by atoms with E-state index in [0.717, 1.165) is 9.84 Å². The maximum Gasteiger partial charge on any atom is 0.0348 e. The van der Waals surface area contributed by atoms with Crippen LogP contribution in [0.1, 0.15) is 33.1 Å². The molecule has 0 heterocycles. The molecule has 0 aromatic heterocycles. The molecule has 0 amide bonds. The molecule has 0 unspecified atom stereocenters. The molecule has 0 saturated heterocycles. The topological polar surface area (TPSA) is 0 Å². The van der Waals surface area contributed by atoms with Crippen LogP contribution in [0.3, 0.4) is 0 Å². The number of fused-ring (bicyclic) bond motifs is 2. The molecule has 2 saturated carbocycles. The lowest BCUT2D eigenvalue weighted by Crippen LogP contribution is -2.37. The molecule has 11 heavy (non-hydrogen) atoms. The second kappa shape index (κ2) is 2.49. The number of halogens is 2. The van der Waals surface area contributed by atoms with E-state index in [0.29, 0.717) is 8.84 Å². The first-order valence-corrected chi connectivity index (χ1v) is 6.62. The molecule has 2 aliphatic rings. The monoisotopic (exact) mass is 376 g/mol. The molecule has 0 aliphatic heterocycles. The van der Waals surface area contributed by atoms with Crippen molar-refractivity contribution in [2.75, 3.05) is 0 Å². The fraction of sp³-hybridized carbons (Fsp3) is 1.00. The molecule has 0 aromatic carbocycles. The van der Waals surface area contributed by atoms with E-state index >= 15 is 0 Å². The van der Waals surface area contributed by atoms with E-state index in [9.17, 15) is 0 Å². The smallest absolute Gasteiger partial charge is 0.0348 e. The Bertz CT molecular complexity index is 183. The van der Waals surface area contributed by atoms with Crippen molar-refractivity contribution >= 4 is 45.2 Å². The molecule has 0 spiro atoms. The van der Waals surface area contributed by atoms with Crippen molar-refractivity contribution in [3.05, 3.63) is 0 Å². The first-order valence-electron chi connectivity index (χ1n) is 4.30. The summed E-state index contributed by atoms with van der Waals surface area (Å²) >= 11 is 5.39. The Morgan fingerprint density at radius 3 is 2.27 bits per heavy atom. The summed E-state index contributed by atoms with van der Waals surface area (Å²) in [5, 5.41) is 0. The largest absolute Gasteiger partial charge is 0.0806 e. The minimum atomic E-state index is 0.611. The predicted molar refractivity (Wildman–Crippen MR) is 65.7 cm³/mol. The van der Waals surface area contributed by atoms with E-state index in [1.165, 1.54) is 19.3 Å². The van der Waals surface area contributed by atoms with Gasteiger partial charge in [-0.2, -0.15) is 0 Å². The SMILES string of the molecule is CC1(C)[C@H]2CC[C@@](I)(C2)[C@@H]1I. The minimum Gasteiger partial charge on any atom is -0.0806 e. The summed E-state index contributed by atoms with van der Waals surface area (Å²) in [5.74, 6) is 1.02. The fourth-order valence-corrected chi connectivity index (χ4v) is 5.49. The van der Waals surface area contributed by atoms with Crippen molar-refractivity contribution in [2.45, 2.75) is 40.5 Å². The highest BCUT2D eigenvalue weighted by atomic mass is 127. The zero-order chi connectivity index (χ0) is 8.28. The molecule has 2 heteroatoms. The summed E-state index contributed by atoms with van der Waals surface area (Å²) in [6.45, 7) is 4.91. The molecule has 2 aliphatic carbocycles. The number of hydrogen-bond donors (Lipinski definition) is 0. The van der Waals surface area contributed by atoms with Gasteiger partial charge in [0.2, 0.25) is 0 Å². The lowest BCUT2D eigenvalue weighted by molar-refractivity contribution is 0.242. The average Bonchev–Trinajstić information content (AvgIpc) is 2.36. The summed E-state index contributed by atoms with van der Waals surface area (Å²) in [5.41, 5.74) is 0.611. The zero-order valence-electron chi connectivity index (χ0n) is 7.03. The summed E-state index contributed by atoms with van der Waals surface area (Å²) in [6, 6.07) is 0. The van der Waals surface area contributed by atoms with Crippen molar-refractivity contribution < 1.29 is 0 Å². The lowest BCUT2D eigenvalue weighted by atomic mass is 9.77. The van der Waals surface area contributed by atoms with Crippen LogP contribution in [-0.4, -0.2) is 7.35 Å². The highest BCUT2D eigenvalue weighted by molar-refractivity contribution is 14.1. The van der Waals surface area contributed by atoms with Crippen LogP contribution in [0.2, 0.25) is 0 Å². The minimum absolute atomic E-state index is 0.611. The molecule has 3 atom stereocenters. The molecule has 0 aromatic rings. The van der Waals surface area contributed by atoms with Gasteiger partial charge in [0.15, 0.2) is 0 Å². The van der Waals surface area contributed by atoms with Crippen LogP contribution in [0.15, 0.2) is 0 Å². The van der Waals surface area contributed by atoms with Gasteiger partial charge in [-0.15, -0.1) is 0 Å². The van der Waals surface area contributed by atoms with Crippen molar-refractivity contribution in [3.63, 3.8) is 0 Å². The predicted octanol–water partition coefficient (Wildman–Crippen LogP) is 3.80. The number of hydrogen-bond acceptors (Lipinski definition) is 0. The Morgan fingerprint density at radius 2 is 2.00 bits per heavy atom. The van der Waals surface area contributed by atoms with E-state index in [4.69, 9.17) is 0 Å². The zero-order valence-corrected chi connectivity index (χ0v) is 11.3. The van der Waals surface area contributed by atoms with Crippen LogP contribution in [0.25, 0.3) is 0 Å². The Labute approximate surface area is 96.2 Å². The van der Waals surface area contributed by atoms with Gasteiger partial charge in [-0.05, 0) is 30.6 Å². The van der Waals surface area contributed by atoms with Crippen molar-refractivity contribution in [1.82, 2.24) is 0 Å². The first-order chi connectivity index (χ1) is 4.97. The summed E-state index contributed by atoms with van der Waals surface area (Å²) in [4.78, 5) is 0. The molecule has 2 fully saturated rings. The highest BCUT2D eigenvalue weighted by Crippen LogP contribution is 2.64. The Morgan fingerprint density at radius 1 is 1.36 bits per heavy atom. The molecule has 2 bridgehead atoms. The Balaban J connectivity index is 2.34. The number of rotatable bonds is 0. The first kappa shape index (κ1) is 9.03. The van der Waals surface area contributed by atoms with Gasteiger partial charge in [-0.25, -0.2) is 0 Å². The standard InChI is InChI=1S/C9H14I2/c1-8(2)6-3-4-9(11,5-6)7(8)10/h6-7H,3-5H2,1-2H3/t6-,7+,9+/m0/s1. The van der Waals surface area contributed by atoms with Gasteiger partial charge in [0.25, 0.3) is 0 Å². The van der Waals surface area contributed by atoms with Crippen LogP contribution in [0, 0.1) is 11.3 Å². The molecule has 2 rings (SSSR count). The van der Waals surface area contributed by atoms with Gasteiger partial charge in [-0.3, -0.25) is 0 Å². The third-order valence-corrected chi connectivity index (χ3v) is 9.25. The Hall–Kier alpha value is 1.46. The molecule has 0 nitrogen and oxygen atoms in total. The third kappa shape index (κ3) is 1.11. The van der Waals surface area contributed by atoms with Gasteiger partial charge in [0, 0.05) is 7.35 Å². The Kier molecular flexibility index (Phi) is 2.04. The van der Waals surface area contributed by atoms with Gasteiger partial charge in [0.05, 0.1) is 0 Å².